The molecule has 4 unspecified atom stereocenters. The largest absolute Gasteiger partial charge is 0.396 e. The summed E-state index contributed by atoms with van der Waals surface area (Å²) in [4.78, 5) is 0. The van der Waals surface area contributed by atoms with Crippen LogP contribution in [0.2, 0.25) is 0 Å². The zero-order valence-electron chi connectivity index (χ0n) is 15.9. The minimum Gasteiger partial charge on any atom is -0.396 e. The maximum absolute atomic E-state index is 9.70. The van der Waals surface area contributed by atoms with Crippen molar-refractivity contribution in [3.8, 4) is 0 Å². The van der Waals surface area contributed by atoms with E-state index in [4.69, 9.17) is 0 Å². The Bertz CT molecular complexity index is 234. The zero-order chi connectivity index (χ0) is 16.4. The summed E-state index contributed by atoms with van der Waals surface area (Å²) in [6.45, 7) is 16.7. The second kappa shape index (κ2) is 11.5. The molecule has 128 valence electrons. The Morgan fingerprint density at radius 1 is 0.619 bits per heavy atom. The van der Waals surface area contributed by atoms with Crippen molar-refractivity contribution in [2.24, 2.45) is 35.5 Å². The van der Waals surface area contributed by atoms with Gasteiger partial charge in [-0.15, -0.1) is 0 Å². The predicted molar refractivity (Wildman–Crippen MR) is 95.4 cm³/mol. The molecule has 0 radical (unpaired) electrons. The average molecular weight is 299 g/mol. The minimum absolute atomic E-state index is 0.369. The van der Waals surface area contributed by atoms with Crippen LogP contribution in [-0.4, -0.2) is 11.7 Å². The second-order valence-electron chi connectivity index (χ2n) is 8.42. The molecule has 0 fully saturated rings. The smallest absolute Gasteiger partial charge is 0.0461 e. The van der Waals surface area contributed by atoms with Gasteiger partial charge in [-0.3, -0.25) is 0 Å². The maximum Gasteiger partial charge on any atom is 0.0461 e. The van der Waals surface area contributed by atoms with Gasteiger partial charge in [0.1, 0.15) is 0 Å². The number of rotatable bonds is 12. The van der Waals surface area contributed by atoms with Crippen molar-refractivity contribution in [3.05, 3.63) is 0 Å². The topological polar surface area (TPSA) is 20.2 Å². The molecule has 0 aliphatic rings. The van der Waals surface area contributed by atoms with E-state index in [0.717, 1.165) is 23.7 Å². The van der Waals surface area contributed by atoms with Crippen LogP contribution < -0.4 is 0 Å². The highest BCUT2D eigenvalue weighted by atomic mass is 16.3. The number of hydrogen-bond acceptors (Lipinski definition) is 1. The molecular formula is C20H42O. The molecule has 0 heterocycles. The highest BCUT2D eigenvalue weighted by Crippen LogP contribution is 2.30. The average Bonchev–Trinajstić information content (AvgIpc) is 2.37. The molecule has 0 saturated heterocycles. The van der Waals surface area contributed by atoms with E-state index in [1.165, 1.54) is 38.5 Å². The lowest BCUT2D eigenvalue weighted by Crippen LogP contribution is -2.21. The summed E-state index contributed by atoms with van der Waals surface area (Å²) in [5.74, 6) is 4.33. The quantitative estimate of drug-likeness (QED) is 0.428. The van der Waals surface area contributed by atoms with Gasteiger partial charge < -0.3 is 5.11 Å². The molecule has 0 saturated carbocycles. The first kappa shape index (κ1) is 21.0. The van der Waals surface area contributed by atoms with Gasteiger partial charge in [-0.25, -0.2) is 0 Å². The summed E-state index contributed by atoms with van der Waals surface area (Å²) < 4.78 is 0. The van der Waals surface area contributed by atoms with Crippen molar-refractivity contribution >= 4 is 0 Å². The summed E-state index contributed by atoms with van der Waals surface area (Å²) >= 11 is 0. The van der Waals surface area contributed by atoms with Gasteiger partial charge in [0.05, 0.1) is 0 Å². The normalized spacial score (nSPS) is 18.0. The molecule has 1 heteroatoms. The molecule has 0 aromatic carbocycles. The van der Waals surface area contributed by atoms with E-state index in [1.54, 1.807) is 0 Å². The van der Waals surface area contributed by atoms with Crippen LogP contribution in [-0.2, 0) is 0 Å². The van der Waals surface area contributed by atoms with Crippen LogP contribution >= 0.6 is 0 Å². The molecule has 0 spiro atoms. The van der Waals surface area contributed by atoms with Gasteiger partial charge in [0.15, 0.2) is 0 Å². The summed E-state index contributed by atoms with van der Waals surface area (Å²) in [5, 5.41) is 9.70. The fourth-order valence-electron chi connectivity index (χ4n) is 3.50. The Labute approximate surface area is 134 Å². The fourth-order valence-corrected chi connectivity index (χ4v) is 3.50. The van der Waals surface area contributed by atoms with E-state index in [9.17, 15) is 5.11 Å². The summed E-state index contributed by atoms with van der Waals surface area (Å²) in [5.41, 5.74) is 0. The van der Waals surface area contributed by atoms with Crippen LogP contribution in [0.1, 0.15) is 87.0 Å². The molecule has 0 rings (SSSR count). The number of hydrogen-bond donors (Lipinski definition) is 1. The highest BCUT2D eigenvalue weighted by molar-refractivity contribution is 4.72. The van der Waals surface area contributed by atoms with Crippen molar-refractivity contribution in [1.82, 2.24) is 0 Å². The van der Waals surface area contributed by atoms with Gasteiger partial charge in [-0.2, -0.15) is 0 Å². The molecule has 0 aromatic heterocycles. The van der Waals surface area contributed by atoms with Crippen molar-refractivity contribution < 1.29 is 5.11 Å². The van der Waals surface area contributed by atoms with Gasteiger partial charge in [-0.05, 0) is 54.8 Å². The number of aliphatic hydroxyl groups excluding tert-OH is 1. The van der Waals surface area contributed by atoms with Crippen molar-refractivity contribution in [1.29, 1.82) is 0 Å². The number of unbranched alkanes of at least 4 members (excludes halogenated alkanes) is 1. The van der Waals surface area contributed by atoms with E-state index in [0.29, 0.717) is 18.4 Å². The van der Waals surface area contributed by atoms with E-state index < -0.39 is 0 Å². The van der Waals surface area contributed by atoms with Crippen molar-refractivity contribution in [2.75, 3.05) is 6.61 Å². The highest BCUT2D eigenvalue weighted by Gasteiger charge is 2.22. The molecule has 0 aliphatic heterocycles. The fraction of sp³-hybridized carbons (Fsp3) is 1.00. The van der Waals surface area contributed by atoms with Crippen molar-refractivity contribution in [3.63, 3.8) is 0 Å². The molecule has 1 nitrogen and oxygen atoms in total. The van der Waals surface area contributed by atoms with Crippen LogP contribution in [0, 0.1) is 35.5 Å². The van der Waals surface area contributed by atoms with E-state index in [2.05, 4.69) is 48.5 Å². The SMILES string of the molecule is CC(C)CCCCC(CO)C(C)CC(C)C(C)CC(C)C. The first-order valence-electron chi connectivity index (χ1n) is 9.38. The predicted octanol–water partition coefficient (Wildman–Crippen LogP) is 6.16. The first-order chi connectivity index (χ1) is 9.77. The Morgan fingerprint density at radius 2 is 1.14 bits per heavy atom. The maximum atomic E-state index is 9.70. The van der Waals surface area contributed by atoms with Crippen LogP contribution in [0.25, 0.3) is 0 Å². The van der Waals surface area contributed by atoms with Crippen molar-refractivity contribution in [2.45, 2.75) is 87.0 Å². The van der Waals surface area contributed by atoms with Crippen LogP contribution in [0.3, 0.4) is 0 Å². The lowest BCUT2D eigenvalue weighted by atomic mass is 9.78. The Kier molecular flexibility index (Phi) is 11.5. The Morgan fingerprint density at radius 3 is 1.62 bits per heavy atom. The summed E-state index contributed by atoms with van der Waals surface area (Å²) in [6.07, 6.45) is 7.73. The standard InChI is InChI=1S/C20H42O/c1-15(2)10-8-9-11-20(14-21)19(7)13-18(6)17(5)12-16(3)4/h15-21H,8-14H2,1-7H3. The molecule has 0 amide bonds. The lowest BCUT2D eigenvalue weighted by molar-refractivity contribution is 0.144. The minimum atomic E-state index is 0.369. The van der Waals surface area contributed by atoms with Crippen LogP contribution in [0.4, 0.5) is 0 Å². The molecular weight excluding hydrogens is 256 g/mol. The van der Waals surface area contributed by atoms with Gasteiger partial charge in [0.25, 0.3) is 0 Å². The second-order valence-corrected chi connectivity index (χ2v) is 8.42. The van der Waals surface area contributed by atoms with Gasteiger partial charge in [-0.1, -0.05) is 67.7 Å². The molecule has 4 atom stereocenters. The van der Waals surface area contributed by atoms with Gasteiger partial charge in [0.2, 0.25) is 0 Å². The first-order valence-corrected chi connectivity index (χ1v) is 9.38. The molecule has 0 aliphatic carbocycles. The summed E-state index contributed by atoms with van der Waals surface area (Å²) in [6, 6.07) is 0. The summed E-state index contributed by atoms with van der Waals surface area (Å²) in [7, 11) is 0. The van der Waals surface area contributed by atoms with E-state index in [-0.39, 0.29) is 0 Å². The third kappa shape index (κ3) is 10.3. The third-order valence-electron chi connectivity index (χ3n) is 5.20. The monoisotopic (exact) mass is 298 g/mol. The van der Waals surface area contributed by atoms with Gasteiger partial charge >= 0.3 is 0 Å². The molecule has 1 N–H and O–H groups in total. The zero-order valence-corrected chi connectivity index (χ0v) is 15.9. The molecule has 21 heavy (non-hydrogen) atoms. The van der Waals surface area contributed by atoms with E-state index >= 15 is 0 Å². The van der Waals surface area contributed by atoms with E-state index in [1.807, 2.05) is 0 Å². The third-order valence-corrected chi connectivity index (χ3v) is 5.20. The number of aliphatic hydroxyl groups is 1. The Balaban J connectivity index is 4.10. The Hall–Kier alpha value is -0.0400. The van der Waals surface area contributed by atoms with Crippen LogP contribution in [0.5, 0.6) is 0 Å². The van der Waals surface area contributed by atoms with Crippen LogP contribution in [0.15, 0.2) is 0 Å². The lowest BCUT2D eigenvalue weighted by Gasteiger charge is -2.28. The molecule has 0 aromatic rings. The van der Waals surface area contributed by atoms with Gasteiger partial charge in [0, 0.05) is 6.61 Å². The molecule has 0 bridgehead atoms.